The maximum absolute atomic E-state index is 12.9. The zero-order chi connectivity index (χ0) is 61.4. The lowest BCUT2D eigenvalue weighted by Gasteiger charge is -2.25. The topological polar surface area (TPSA) is 254 Å². The van der Waals surface area contributed by atoms with Gasteiger partial charge in [0.25, 0.3) is 0 Å². The first kappa shape index (κ1) is 65.4. The number of ether oxygens (including phenoxy) is 1. The normalized spacial score (nSPS) is 27.1. The van der Waals surface area contributed by atoms with Gasteiger partial charge < -0.3 is 35.8 Å². The summed E-state index contributed by atoms with van der Waals surface area (Å²) in [5, 5.41) is 17.4. The highest BCUT2D eigenvalue weighted by Gasteiger charge is 2.39. The molecular weight excluding hydrogens is 1110 g/mol. The van der Waals surface area contributed by atoms with Crippen LogP contribution in [0.15, 0.2) is 114 Å². The van der Waals surface area contributed by atoms with E-state index in [-0.39, 0.29) is 94.2 Å². The van der Waals surface area contributed by atoms with Crippen LogP contribution in [0, 0.1) is 23.7 Å². The Bertz CT molecular complexity index is 3070. The van der Waals surface area contributed by atoms with Gasteiger partial charge in [-0.25, -0.2) is 4.79 Å². The van der Waals surface area contributed by atoms with Gasteiger partial charge in [0.15, 0.2) is 5.78 Å². The molecule has 6 N–H and O–H groups in total. The third-order valence-electron chi connectivity index (χ3n) is 15.8. The highest BCUT2D eigenvalue weighted by atomic mass is 32.2. The summed E-state index contributed by atoms with van der Waals surface area (Å²) in [4.78, 5) is 106. The summed E-state index contributed by atoms with van der Waals surface area (Å²) in [5.74, 6) is 3.08. The molecule has 4 aromatic rings. The molecule has 448 valence electrons. The molecule has 6 fully saturated rings. The Morgan fingerprint density at radius 3 is 1.70 bits per heavy atom. The predicted octanol–water partition coefficient (Wildman–Crippen LogP) is 7.55. The van der Waals surface area contributed by atoms with Crippen LogP contribution >= 0.6 is 24.0 Å². The first-order chi connectivity index (χ1) is 39.9. The van der Waals surface area contributed by atoms with E-state index in [0.717, 1.165) is 68.0 Å². The number of fused-ring (bicyclic) bond motifs is 5. The van der Waals surface area contributed by atoms with Crippen LogP contribution in [-0.4, -0.2) is 130 Å². The molecule has 0 spiro atoms. The van der Waals surface area contributed by atoms with Crippen LogP contribution in [0.2, 0.25) is 0 Å². The number of carbonyl (C=O) groups is 9. The number of urea groups is 1. The summed E-state index contributed by atoms with van der Waals surface area (Å²) < 4.78 is 6.30. The Balaban J connectivity index is 0.000000160. The van der Waals surface area contributed by atoms with Crippen molar-refractivity contribution in [2.75, 3.05) is 27.2 Å². The molecular formula is C63H79N9O10S2. The average molecular weight is 1190 g/mol. The van der Waals surface area contributed by atoms with E-state index in [0.29, 0.717) is 22.3 Å². The molecule has 4 aromatic carbocycles. The number of amides is 9. The molecule has 0 saturated carbocycles. The second-order valence-corrected chi connectivity index (χ2v) is 23.9. The Labute approximate surface area is 501 Å². The van der Waals surface area contributed by atoms with Crippen molar-refractivity contribution in [2.45, 2.75) is 129 Å². The minimum Gasteiger partial charge on any atom is -0.493 e. The Morgan fingerprint density at radius 2 is 1.30 bits per heavy atom. The van der Waals surface area contributed by atoms with Gasteiger partial charge >= 0.3 is 6.03 Å². The van der Waals surface area contributed by atoms with Gasteiger partial charge in [0.1, 0.15) is 28.2 Å². The van der Waals surface area contributed by atoms with Crippen molar-refractivity contribution in [3.8, 4) is 5.75 Å². The molecule has 19 nitrogen and oxygen atoms in total. The summed E-state index contributed by atoms with van der Waals surface area (Å²) in [5.41, 5.74) is 3.20. The molecule has 0 aromatic heterocycles. The summed E-state index contributed by atoms with van der Waals surface area (Å²) >= 11 is 6.10. The number of thiocarbonyl (C=S) groups is 1. The third kappa shape index (κ3) is 17.6. The summed E-state index contributed by atoms with van der Waals surface area (Å²) in [6.45, 7) is 17.0. The van der Waals surface area contributed by atoms with E-state index in [4.69, 9.17) is 17.0 Å². The van der Waals surface area contributed by atoms with E-state index in [2.05, 4.69) is 93.2 Å². The van der Waals surface area contributed by atoms with Crippen LogP contribution in [0.3, 0.4) is 0 Å². The van der Waals surface area contributed by atoms with E-state index in [1.54, 1.807) is 25.7 Å². The molecule has 11 unspecified atom stereocenters. The number of amidine groups is 1. The number of hydrogen-bond acceptors (Lipinski definition) is 14. The highest BCUT2D eigenvalue weighted by molar-refractivity contribution is 8.24. The van der Waals surface area contributed by atoms with Gasteiger partial charge in [0.2, 0.25) is 41.4 Å². The fraction of sp³-hybridized carbons (Fsp3) is 0.444. The van der Waals surface area contributed by atoms with Gasteiger partial charge in [0.05, 0.1) is 23.6 Å². The van der Waals surface area contributed by atoms with Crippen molar-refractivity contribution in [2.24, 2.45) is 28.7 Å². The van der Waals surface area contributed by atoms with Gasteiger partial charge in [-0.1, -0.05) is 155 Å². The SMILES string of the molecule is CC1=NC(c2ccccc2)C(C(=O)c2ccccc2)N1C.CC1C(=O)NC(=O)C1C.CC1CCC(=O)N1C.CC1CCNC1=O.CC1CCOc2ccc3ccccc3c21.CC1NC(=O)NC1=O.CC1SC(=S)NC1=O.O=C1NC2C=CC1C2. The molecule has 0 radical (unpaired) electrons. The van der Waals surface area contributed by atoms with Crippen LogP contribution in [-0.2, 0) is 33.6 Å². The molecule has 2 bridgehead atoms. The lowest BCUT2D eigenvalue weighted by atomic mass is 9.90. The number of benzene rings is 4. The van der Waals surface area contributed by atoms with Gasteiger partial charge in [0, 0.05) is 68.0 Å². The minimum absolute atomic E-state index is 0.0162. The maximum Gasteiger partial charge on any atom is 0.322 e. The van der Waals surface area contributed by atoms with Gasteiger partial charge in [-0.15, -0.1) is 0 Å². The van der Waals surface area contributed by atoms with Gasteiger partial charge in [-0.3, -0.25) is 54.0 Å². The van der Waals surface area contributed by atoms with Crippen LogP contribution in [0.1, 0.15) is 121 Å². The number of rotatable bonds is 3. The number of carbonyl (C=O) groups excluding carboxylic acids is 9. The fourth-order valence-electron chi connectivity index (χ4n) is 9.90. The lowest BCUT2D eigenvalue weighted by Crippen LogP contribution is -2.39. The van der Waals surface area contributed by atoms with E-state index in [1.165, 1.54) is 28.1 Å². The monoisotopic (exact) mass is 1190 g/mol. The van der Waals surface area contributed by atoms with E-state index in [1.807, 2.05) is 107 Å². The van der Waals surface area contributed by atoms with Crippen molar-refractivity contribution in [1.82, 2.24) is 41.7 Å². The Kier molecular flexibility index (Phi) is 23.9. The number of imide groups is 2. The number of hydrogen-bond donors (Lipinski definition) is 6. The van der Waals surface area contributed by atoms with Crippen molar-refractivity contribution < 1.29 is 47.9 Å². The molecule has 13 rings (SSSR count). The number of likely N-dealkylation sites (N-methyl/N-ethyl adjacent to an activating group) is 1. The molecule has 8 heterocycles. The number of Topliss-reactive ketones (excluding diaryl/α,β-unsaturated/α-hetero) is 1. The second-order valence-electron chi connectivity index (χ2n) is 21.9. The first-order valence-corrected chi connectivity index (χ1v) is 29.8. The number of likely N-dealkylation sites (tertiary alicyclic amines) is 1. The first-order valence-electron chi connectivity index (χ1n) is 28.5. The van der Waals surface area contributed by atoms with Crippen molar-refractivity contribution in [3.05, 3.63) is 126 Å². The van der Waals surface area contributed by atoms with Gasteiger partial charge in [-0.05, 0) is 81.7 Å². The largest absolute Gasteiger partial charge is 0.493 e. The second kappa shape index (κ2) is 30.7. The summed E-state index contributed by atoms with van der Waals surface area (Å²) in [6, 6.07) is 31.9. The zero-order valence-corrected chi connectivity index (χ0v) is 51.1. The summed E-state index contributed by atoms with van der Waals surface area (Å²) in [6.07, 6.45) is 8.97. The van der Waals surface area contributed by atoms with Gasteiger partial charge in [-0.2, -0.15) is 0 Å². The van der Waals surface area contributed by atoms with Crippen LogP contribution in [0.4, 0.5) is 4.79 Å². The van der Waals surface area contributed by atoms with E-state index >= 15 is 0 Å². The smallest absolute Gasteiger partial charge is 0.322 e. The standard InChI is InChI=1S/C18H18N2O.C14H14O.C6H9NO2.C6H7NO.C6H11NO.C5H9NO.C4H6N2O2.C4H5NOS2/c1-13-19-16(14-9-5-3-6-10-14)17(20(13)2)18(21)15-11-7-4-8-12-15;1-10-8-9-15-13-7-6-11-4-2-3-5-12(11)14(10)13;1-3-4(2)6(9)7-5(3)8;8-6-4-1-2-5(3-4)7-6;1-5-3-4-6(8)7(5)2;1-4-2-3-6-5(4)7;1-2-3(7)6-4(8)5-2;1-2-3(6)5-4(7)8-2/h3-12,16-17H,1-2H3;2-7,10H,8-9H2,1H3;3-4H,1-2H3,(H,7,8,9);1-2,4-5H,3H2,(H,7,8);5H,3-4H2,1-2H3;4H,2-3H2,1H3,(H,6,7);2H,1H3,(H2,5,6,7,8);2H,1H3,(H,5,6,7). The molecule has 11 atom stereocenters. The molecule has 8 aliphatic heterocycles. The van der Waals surface area contributed by atoms with Crippen molar-refractivity contribution in [3.63, 3.8) is 0 Å². The van der Waals surface area contributed by atoms with E-state index in [9.17, 15) is 43.2 Å². The molecule has 6 saturated heterocycles. The Morgan fingerprint density at radius 1 is 0.655 bits per heavy atom. The van der Waals surface area contributed by atoms with E-state index < -0.39 is 6.03 Å². The van der Waals surface area contributed by atoms with Crippen LogP contribution in [0.5, 0.6) is 5.75 Å². The number of aliphatic imine (C=N–C) groups is 1. The van der Waals surface area contributed by atoms with Crippen molar-refractivity contribution >= 4 is 98.1 Å². The highest BCUT2D eigenvalue weighted by Crippen LogP contribution is 2.39. The van der Waals surface area contributed by atoms with Crippen LogP contribution < -0.4 is 36.6 Å². The molecule has 21 heteroatoms. The lowest BCUT2D eigenvalue weighted by molar-refractivity contribution is -0.128. The predicted molar refractivity (Wildman–Crippen MR) is 330 cm³/mol. The number of thioether (sulfide) groups is 1. The average Bonchev–Trinajstić information content (AvgIpc) is 3.38. The quantitative estimate of drug-likeness (QED) is 0.0382. The third-order valence-corrected chi connectivity index (χ3v) is 17.1. The fourth-order valence-corrected chi connectivity index (χ4v) is 11.1. The minimum atomic E-state index is -0.400. The molecule has 9 amide bonds. The number of nitrogens with one attached hydrogen (secondary N) is 6. The Hall–Kier alpha value is -7.78. The number of nitrogens with zero attached hydrogens (tertiary/aromatic N) is 3. The summed E-state index contributed by atoms with van der Waals surface area (Å²) in [7, 11) is 3.80. The van der Waals surface area contributed by atoms with Crippen molar-refractivity contribution in [1.29, 1.82) is 0 Å². The maximum atomic E-state index is 12.9. The molecule has 9 aliphatic rings. The number of ketones is 1. The zero-order valence-electron chi connectivity index (χ0n) is 49.4. The molecule has 1 aliphatic carbocycles. The molecule has 84 heavy (non-hydrogen) atoms. The van der Waals surface area contributed by atoms with Crippen LogP contribution in [0.25, 0.3) is 10.8 Å².